The molecule has 2 rings (SSSR count). The highest BCUT2D eigenvalue weighted by Crippen LogP contribution is 2.33. The van der Waals surface area contributed by atoms with Gasteiger partial charge in [0.05, 0.1) is 0 Å². The lowest BCUT2D eigenvalue weighted by atomic mass is 9.90. The van der Waals surface area contributed by atoms with Gasteiger partial charge in [0.15, 0.2) is 0 Å². The Hall–Kier alpha value is -1.04. The molecule has 0 aliphatic heterocycles. The van der Waals surface area contributed by atoms with Crippen LogP contribution in [0.3, 0.4) is 0 Å². The molecule has 1 atom stereocenters. The van der Waals surface area contributed by atoms with Crippen LogP contribution < -0.4 is 0 Å². The van der Waals surface area contributed by atoms with Crippen LogP contribution in [-0.4, -0.2) is 0 Å². The summed E-state index contributed by atoms with van der Waals surface area (Å²) in [5, 5.41) is 0. The fourth-order valence-corrected chi connectivity index (χ4v) is 1.75. The average molecular weight is 157 g/mol. The van der Waals surface area contributed by atoms with E-state index in [1.807, 2.05) is 0 Å². The molecule has 1 aromatic carbocycles. The maximum Gasteiger partial charge on any atom is 0.0121 e. The molecule has 0 spiro atoms. The van der Waals surface area contributed by atoms with Gasteiger partial charge in [-0.05, 0) is 23.1 Å². The molecule has 0 saturated heterocycles. The Kier molecular flexibility index (Phi) is 1.76. The lowest BCUT2D eigenvalue weighted by Crippen LogP contribution is -2.01. The van der Waals surface area contributed by atoms with E-state index in [0.717, 1.165) is 0 Å². The van der Waals surface area contributed by atoms with Crippen molar-refractivity contribution < 1.29 is 0 Å². The van der Waals surface area contributed by atoms with Crippen LogP contribution in [0.15, 0.2) is 24.3 Å². The lowest BCUT2D eigenvalue weighted by Gasteiger charge is -2.13. The molecule has 0 aromatic heterocycles. The first-order valence-electron chi connectivity index (χ1n) is 4.47. The molecule has 1 radical (unpaired) electrons. The van der Waals surface area contributed by atoms with Gasteiger partial charge in [-0.2, -0.15) is 0 Å². The van der Waals surface area contributed by atoms with Crippen LogP contribution >= 0.6 is 0 Å². The van der Waals surface area contributed by atoms with Crippen molar-refractivity contribution in [3.05, 3.63) is 41.5 Å². The Balaban J connectivity index is 2.42. The summed E-state index contributed by atoms with van der Waals surface area (Å²) in [4.78, 5) is 0. The summed E-state index contributed by atoms with van der Waals surface area (Å²) in [7, 11) is 0. The fraction of sp³-hybridized carbons (Fsp3) is 0.333. The molecule has 12 heavy (non-hydrogen) atoms. The number of hydrogen-bond acceptors (Lipinski definition) is 0. The van der Waals surface area contributed by atoms with E-state index in [-0.39, 0.29) is 0 Å². The molecular weight excluding hydrogens is 144 g/mol. The minimum Gasteiger partial charge on any atom is -0.0619 e. The lowest BCUT2D eigenvalue weighted by molar-refractivity contribution is 0.574. The second kappa shape index (κ2) is 2.78. The SMILES string of the molecule is CC(C)C1[C]=Cc2ccccc21. The number of benzene rings is 1. The summed E-state index contributed by atoms with van der Waals surface area (Å²) in [6.07, 6.45) is 5.51. The van der Waals surface area contributed by atoms with E-state index in [4.69, 9.17) is 0 Å². The molecule has 0 saturated carbocycles. The standard InChI is InChI=1S/C12H13/c1-9(2)11-8-7-10-5-3-4-6-12(10)11/h3-7,9,11H,1-2H3. The van der Waals surface area contributed by atoms with Crippen LogP contribution in [0, 0.1) is 12.0 Å². The number of fused-ring (bicyclic) bond motifs is 1. The quantitative estimate of drug-likeness (QED) is 0.587. The Morgan fingerprint density at radius 1 is 1.25 bits per heavy atom. The zero-order valence-corrected chi connectivity index (χ0v) is 7.54. The van der Waals surface area contributed by atoms with Gasteiger partial charge in [0, 0.05) is 5.92 Å². The Labute approximate surface area is 73.9 Å². The second-order valence-electron chi connectivity index (χ2n) is 3.66. The van der Waals surface area contributed by atoms with Crippen molar-refractivity contribution in [2.45, 2.75) is 19.8 Å². The van der Waals surface area contributed by atoms with E-state index < -0.39 is 0 Å². The van der Waals surface area contributed by atoms with Gasteiger partial charge in [0.2, 0.25) is 0 Å². The van der Waals surface area contributed by atoms with Gasteiger partial charge in [-0.3, -0.25) is 0 Å². The maximum atomic E-state index is 3.40. The number of rotatable bonds is 1. The monoisotopic (exact) mass is 157 g/mol. The Bertz CT molecular complexity index is 308. The van der Waals surface area contributed by atoms with Crippen molar-refractivity contribution in [3.8, 4) is 0 Å². The summed E-state index contributed by atoms with van der Waals surface area (Å²) in [5.74, 6) is 1.17. The predicted octanol–water partition coefficient (Wildman–Crippen LogP) is 3.26. The third-order valence-corrected chi connectivity index (χ3v) is 2.42. The van der Waals surface area contributed by atoms with Crippen molar-refractivity contribution in [1.29, 1.82) is 0 Å². The molecule has 0 heteroatoms. The van der Waals surface area contributed by atoms with E-state index in [1.165, 1.54) is 11.1 Å². The van der Waals surface area contributed by atoms with E-state index in [2.05, 4.69) is 50.3 Å². The Morgan fingerprint density at radius 3 is 2.75 bits per heavy atom. The highest BCUT2D eigenvalue weighted by Gasteiger charge is 2.19. The van der Waals surface area contributed by atoms with Gasteiger partial charge in [-0.25, -0.2) is 0 Å². The minimum absolute atomic E-state index is 0.515. The molecule has 0 amide bonds. The van der Waals surface area contributed by atoms with Crippen LogP contribution in [0.4, 0.5) is 0 Å². The van der Waals surface area contributed by atoms with Gasteiger partial charge in [0.25, 0.3) is 0 Å². The summed E-state index contributed by atoms with van der Waals surface area (Å²) in [5.41, 5.74) is 2.78. The molecule has 1 unspecified atom stereocenters. The van der Waals surface area contributed by atoms with Crippen molar-refractivity contribution in [2.24, 2.45) is 5.92 Å². The molecule has 0 bridgehead atoms. The molecule has 1 aliphatic rings. The maximum absolute atomic E-state index is 3.40. The third-order valence-electron chi connectivity index (χ3n) is 2.42. The molecule has 1 aliphatic carbocycles. The summed E-state index contributed by atoms with van der Waals surface area (Å²) < 4.78 is 0. The molecule has 0 fully saturated rings. The third kappa shape index (κ3) is 1.08. The topological polar surface area (TPSA) is 0 Å². The molecular formula is C12H13. The summed E-state index contributed by atoms with van der Waals surface area (Å²) >= 11 is 0. The zero-order valence-electron chi connectivity index (χ0n) is 7.54. The van der Waals surface area contributed by atoms with Gasteiger partial charge in [0.1, 0.15) is 0 Å². The largest absolute Gasteiger partial charge is 0.0619 e. The van der Waals surface area contributed by atoms with Gasteiger partial charge in [-0.15, -0.1) is 0 Å². The highest BCUT2D eigenvalue weighted by molar-refractivity contribution is 5.59. The van der Waals surface area contributed by atoms with Crippen molar-refractivity contribution in [2.75, 3.05) is 0 Å². The zero-order chi connectivity index (χ0) is 8.55. The van der Waals surface area contributed by atoms with Crippen LogP contribution in [0.1, 0.15) is 30.9 Å². The van der Waals surface area contributed by atoms with Crippen molar-refractivity contribution in [1.82, 2.24) is 0 Å². The molecule has 0 nitrogen and oxygen atoms in total. The van der Waals surface area contributed by atoms with Crippen molar-refractivity contribution >= 4 is 6.08 Å². The van der Waals surface area contributed by atoms with E-state index in [0.29, 0.717) is 11.8 Å². The summed E-state index contributed by atoms with van der Waals surface area (Å²) in [6.45, 7) is 4.49. The van der Waals surface area contributed by atoms with Crippen molar-refractivity contribution in [3.63, 3.8) is 0 Å². The van der Waals surface area contributed by atoms with Gasteiger partial charge >= 0.3 is 0 Å². The van der Waals surface area contributed by atoms with E-state index in [1.54, 1.807) is 0 Å². The minimum atomic E-state index is 0.515. The molecule has 61 valence electrons. The Morgan fingerprint density at radius 2 is 2.00 bits per heavy atom. The van der Waals surface area contributed by atoms with Crippen LogP contribution in [0.2, 0.25) is 0 Å². The first-order chi connectivity index (χ1) is 5.79. The molecule has 0 N–H and O–H groups in total. The summed E-state index contributed by atoms with van der Waals surface area (Å²) in [6, 6.07) is 8.55. The normalized spacial score (nSPS) is 20.1. The second-order valence-corrected chi connectivity index (χ2v) is 3.66. The highest BCUT2D eigenvalue weighted by atomic mass is 14.2. The number of hydrogen-bond donors (Lipinski definition) is 0. The van der Waals surface area contributed by atoms with Crippen LogP contribution in [0.25, 0.3) is 6.08 Å². The molecule has 1 aromatic rings. The van der Waals surface area contributed by atoms with E-state index >= 15 is 0 Å². The number of allylic oxidation sites excluding steroid dienone is 1. The first-order valence-corrected chi connectivity index (χ1v) is 4.47. The van der Waals surface area contributed by atoms with E-state index in [9.17, 15) is 0 Å². The van der Waals surface area contributed by atoms with Gasteiger partial charge < -0.3 is 0 Å². The fourth-order valence-electron chi connectivity index (χ4n) is 1.75. The predicted molar refractivity (Wildman–Crippen MR) is 51.7 cm³/mol. The van der Waals surface area contributed by atoms with Gasteiger partial charge in [-0.1, -0.05) is 44.2 Å². The van der Waals surface area contributed by atoms with Crippen LogP contribution in [0.5, 0.6) is 0 Å². The smallest absolute Gasteiger partial charge is 0.0121 e. The average Bonchev–Trinajstić information content (AvgIpc) is 2.47. The first kappa shape index (κ1) is 7.60. The van der Waals surface area contributed by atoms with Crippen LogP contribution in [-0.2, 0) is 0 Å². The molecule has 0 heterocycles.